The van der Waals surface area contributed by atoms with Gasteiger partial charge in [0.25, 0.3) is 0 Å². The summed E-state index contributed by atoms with van der Waals surface area (Å²) in [7, 11) is 1.96. The third-order valence-corrected chi connectivity index (χ3v) is 2.83. The standard InChI is InChI=1S/C13H18N4/c1-10-5-4-6-12(7-10)8-14-11(2)13-16-15-9-17(13)3/h4-7,9,11,14H,8H2,1-3H3. The van der Waals surface area contributed by atoms with E-state index >= 15 is 0 Å². The molecule has 1 atom stereocenters. The fraction of sp³-hybridized carbons (Fsp3) is 0.385. The zero-order chi connectivity index (χ0) is 12.3. The summed E-state index contributed by atoms with van der Waals surface area (Å²) in [6, 6.07) is 8.71. The van der Waals surface area contributed by atoms with Crippen LogP contribution in [0.2, 0.25) is 0 Å². The Morgan fingerprint density at radius 1 is 1.41 bits per heavy atom. The summed E-state index contributed by atoms with van der Waals surface area (Å²) in [5.74, 6) is 0.956. The highest BCUT2D eigenvalue weighted by atomic mass is 15.3. The molecule has 1 N–H and O–H groups in total. The van der Waals surface area contributed by atoms with Crippen LogP contribution in [0.4, 0.5) is 0 Å². The lowest BCUT2D eigenvalue weighted by atomic mass is 10.1. The van der Waals surface area contributed by atoms with E-state index in [1.54, 1.807) is 6.33 Å². The molecule has 0 aliphatic carbocycles. The quantitative estimate of drug-likeness (QED) is 0.873. The van der Waals surface area contributed by atoms with Crippen molar-refractivity contribution in [3.8, 4) is 0 Å². The van der Waals surface area contributed by atoms with Crippen molar-refractivity contribution in [2.45, 2.75) is 26.4 Å². The van der Waals surface area contributed by atoms with Crippen LogP contribution in [0, 0.1) is 6.92 Å². The van der Waals surface area contributed by atoms with Crippen LogP contribution in [-0.2, 0) is 13.6 Å². The lowest BCUT2D eigenvalue weighted by Crippen LogP contribution is -2.21. The van der Waals surface area contributed by atoms with E-state index in [-0.39, 0.29) is 6.04 Å². The Morgan fingerprint density at radius 2 is 2.24 bits per heavy atom. The van der Waals surface area contributed by atoms with Crippen LogP contribution >= 0.6 is 0 Å². The Bertz CT molecular complexity index is 490. The van der Waals surface area contributed by atoms with Crippen LogP contribution in [-0.4, -0.2) is 14.8 Å². The van der Waals surface area contributed by atoms with E-state index in [0.29, 0.717) is 0 Å². The van der Waals surface area contributed by atoms with Gasteiger partial charge >= 0.3 is 0 Å². The van der Waals surface area contributed by atoms with Crippen molar-refractivity contribution in [3.05, 3.63) is 47.5 Å². The van der Waals surface area contributed by atoms with Crippen LogP contribution in [0.15, 0.2) is 30.6 Å². The molecule has 90 valence electrons. The first kappa shape index (κ1) is 11.8. The Hall–Kier alpha value is -1.68. The van der Waals surface area contributed by atoms with Gasteiger partial charge in [-0.05, 0) is 19.4 Å². The molecule has 1 aromatic heterocycles. The van der Waals surface area contributed by atoms with Crippen LogP contribution in [0.1, 0.15) is 29.9 Å². The first-order chi connectivity index (χ1) is 8.16. The molecule has 0 saturated carbocycles. The third kappa shape index (κ3) is 2.91. The van der Waals surface area contributed by atoms with Crippen molar-refractivity contribution >= 4 is 0 Å². The summed E-state index contributed by atoms with van der Waals surface area (Å²) < 4.78 is 1.94. The number of rotatable bonds is 4. The second-order valence-electron chi connectivity index (χ2n) is 4.39. The van der Waals surface area contributed by atoms with E-state index in [1.165, 1.54) is 11.1 Å². The van der Waals surface area contributed by atoms with Gasteiger partial charge in [-0.15, -0.1) is 10.2 Å². The number of nitrogens with one attached hydrogen (secondary N) is 1. The van der Waals surface area contributed by atoms with Crippen molar-refractivity contribution in [3.63, 3.8) is 0 Å². The Morgan fingerprint density at radius 3 is 2.88 bits per heavy atom. The van der Waals surface area contributed by atoms with Gasteiger partial charge in [-0.2, -0.15) is 0 Å². The molecular weight excluding hydrogens is 212 g/mol. The smallest absolute Gasteiger partial charge is 0.149 e. The van der Waals surface area contributed by atoms with Crippen molar-refractivity contribution in [2.75, 3.05) is 0 Å². The van der Waals surface area contributed by atoms with E-state index in [4.69, 9.17) is 0 Å². The number of nitrogens with zero attached hydrogens (tertiary/aromatic N) is 3. The second-order valence-corrected chi connectivity index (χ2v) is 4.39. The van der Waals surface area contributed by atoms with Crippen molar-refractivity contribution in [1.29, 1.82) is 0 Å². The van der Waals surface area contributed by atoms with Gasteiger partial charge in [0.15, 0.2) is 0 Å². The Labute approximate surface area is 102 Å². The van der Waals surface area contributed by atoms with Crippen molar-refractivity contribution < 1.29 is 0 Å². The molecule has 4 heteroatoms. The van der Waals surface area contributed by atoms with Gasteiger partial charge in [0.05, 0.1) is 6.04 Å². The largest absolute Gasteiger partial charge is 0.319 e. The number of benzene rings is 1. The molecule has 0 radical (unpaired) electrons. The number of aromatic nitrogens is 3. The highest BCUT2D eigenvalue weighted by molar-refractivity contribution is 5.22. The van der Waals surface area contributed by atoms with Crippen LogP contribution in [0.5, 0.6) is 0 Å². The molecule has 1 heterocycles. The topological polar surface area (TPSA) is 42.7 Å². The third-order valence-electron chi connectivity index (χ3n) is 2.83. The molecule has 0 spiro atoms. The molecule has 2 rings (SSSR count). The van der Waals surface area contributed by atoms with Gasteiger partial charge in [0.2, 0.25) is 0 Å². The van der Waals surface area contributed by atoms with Crippen molar-refractivity contribution in [1.82, 2.24) is 20.1 Å². The average Bonchev–Trinajstić information content (AvgIpc) is 2.72. The van der Waals surface area contributed by atoms with Gasteiger partial charge in [0, 0.05) is 13.6 Å². The molecule has 1 unspecified atom stereocenters. The maximum atomic E-state index is 4.10. The molecule has 2 aromatic rings. The molecule has 0 amide bonds. The van der Waals surface area contributed by atoms with Gasteiger partial charge in [-0.25, -0.2) is 0 Å². The zero-order valence-electron chi connectivity index (χ0n) is 10.5. The van der Waals surface area contributed by atoms with E-state index in [1.807, 2.05) is 11.6 Å². The average molecular weight is 230 g/mol. The number of hydrogen-bond acceptors (Lipinski definition) is 3. The SMILES string of the molecule is Cc1cccc(CNC(C)c2nncn2C)c1. The minimum absolute atomic E-state index is 0.197. The molecule has 0 fully saturated rings. The summed E-state index contributed by atoms with van der Waals surface area (Å²) in [5, 5.41) is 11.4. The summed E-state index contributed by atoms with van der Waals surface area (Å²) in [5.41, 5.74) is 2.58. The zero-order valence-corrected chi connectivity index (χ0v) is 10.5. The van der Waals surface area contributed by atoms with E-state index in [0.717, 1.165) is 12.4 Å². The molecule has 0 aliphatic heterocycles. The predicted molar refractivity (Wildman–Crippen MR) is 67.4 cm³/mol. The van der Waals surface area contributed by atoms with Gasteiger partial charge in [0.1, 0.15) is 12.2 Å². The summed E-state index contributed by atoms with van der Waals surface area (Å²) in [4.78, 5) is 0. The maximum absolute atomic E-state index is 4.10. The molecular formula is C13H18N4. The molecule has 0 bridgehead atoms. The molecule has 0 saturated heterocycles. The molecule has 4 nitrogen and oxygen atoms in total. The summed E-state index contributed by atoms with van der Waals surface area (Å²) in [6.07, 6.45) is 1.72. The first-order valence-electron chi connectivity index (χ1n) is 5.79. The molecule has 1 aromatic carbocycles. The highest BCUT2D eigenvalue weighted by Gasteiger charge is 2.10. The van der Waals surface area contributed by atoms with E-state index < -0.39 is 0 Å². The highest BCUT2D eigenvalue weighted by Crippen LogP contribution is 2.09. The fourth-order valence-electron chi connectivity index (χ4n) is 1.87. The fourth-order valence-corrected chi connectivity index (χ4v) is 1.87. The summed E-state index contributed by atoms with van der Waals surface area (Å²) in [6.45, 7) is 5.05. The summed E-state index contributed by atoms with van der Waals surface area (Å²) >= 11 is 0. The number of hydrogen-bond donors (Lipinski definition) is 1. The minimum atomic E-state index is 0.197. The number of aryl methyl sites for hydroxylation is 2. The van der Waals surface area contributed by atoms with Crippen molar-refractivity contribution in [2.24, 2.45) is 7.05 Å². The molecule has 0 aliphatic rings. The first-order valence-corrected chi connectivity index (χ1v) is 5.79. The lowest BCUT2D eigenvalue weighted by molar-refractivity contribution is 0.528. The second kappa shape index (κ2) is 5.10. The van der Waals surface area contributed by atoms with E-state index in [9.17, 15) is 0 Å². The predicted octanol–water partition coefficient (Wildman–Crippen LogP) is 1.97. The van der Waals surface area contributed by atoms with Crippen LogP contribution in [0.3, 0.4) is 0 Å². The van der Waals surface area contributed by atoms with Crippen LogP contribution in [0.25, 0.3) is 0 Å². The normalized spacial score (nSPS) is 12.6. The van der Waals surface area contributed by atoms with Gasteiger partial charge in [-0.3, -0.25) is 0 Å². The van der Waals surface area contributed by atoms with Gasteiger partial charge < -0.3 is 9.88 Å². The van der Waals surface area contributed by atoms with Crippen LogP contribution < -0.4 is 5.32 Å². The lowest BCUT2D eigenvalue weighted by Gasteiger charge is -2.13. The maximum Gasteiger partial charge on any atom is 0.149 e. The Kier molecular flexibility index (Phi) is 3.54. The van der Waals surface area contributed by atoms with Gasteiger partial charge in [-0.1, -0.05) is 29.8 Å². The monoisotopic (exact) mass is 230 g/mol. The Balaban J connectivity index is 1.97. The molecule has 17 heavy (non-hydrogen) atoms. The van der Waals surface area contributed by atoms with E-state index in [2.05, 4.69) is 53.6 Å². The minimum Gasteiger partial charge on any atom is -0.319 e.